The molecule has 4 aromatic rings. The maximum Gasteiger partial charge on any atom is 0.165 e. The summed E-state index contributed by atoms with van der Waals surface area (Å²) in [7, 11) is 0. The molecule has 0 unspecified atom stereocenters. The molecule has 0 aliphatic rings. The molecule has 0 aliphatic carbocycles. The predicted molar refractivity (Wildman–Crippen MR) is 104 cm³/mol. The number of aromatic nitrogens is 5. The molecule has 0 spiro atoms. The van der Waals surface area contributed by atoms with Gasteiger partial charge in [0.2, 0.25) is 0 Å². The van der Waals surface area contributed by atoms with Crippen LogP contribution < -0.4 is 0 Å². The molecule has 5 nitrogen and oxygen atoms in total. The molecule has 3 aromatic heterocycles. The van der Waals surface area contributed by atoms with Crippen LogP contribution in [-0.4, -0.2) is 24.1 Å². The Bertz CT molecular complexity index is 1080. The van der Waals surface area contributed by atoms with Crippen molar-refractivity contribution < 1.29 is 0 Å². The first-order valence-corrected chi connectivity index (χ1v) is 8.83. The Morgan fingerprint density at radius 1 is 1.00 bits per heavy atom. The summed E-state index contributed by atoms with van der Waals surface area (Å²) in [6.45, 7) is 10.6. The third-order valence-corrected chi connectivity index (χ3v) is 4.65. The van der Waals surface area contributed by atoms with Gasteiger partial charge in [0.05, 0.1) is 11.4 Å². The van der Waals surface area contributed by atoms with Gasteiger partial charge in [-0.25, -0.2) is 9.97 Å². The van der Waals surface area contributed by atoms with E-state index >= 15 is 0 Å². The number of fused-ring (bicyclic) bond motifs is 1. The van der Waals surface area contributed by atoms with Gasteiger partial charge in [-0.3, -0.25) is 4.57 Å². The van der Waals surface area contributed by atoms with Crippen LogP contribution in [0.15, 0.2) is 48.8 Å². The molecule has 4 rings (SSSR count). The van der Waals surface area contributed by atoms with Crippen LogP contribution in [-0.2, 0) is 5.41 Å². The van der Waals surface area contributed by atoms with Crippen molar-refractivity contribution in [3.63, 3.8) is 0 Å². The normalized spacial score (nSPS) is 12.0. The van der Waals surface area contributed by atoms with Crippen LogP contribution >= 0.6 is 0 Å². The Hall–Kier alpha value is -2.95. The maximum absolute atomic E-state index is 5.01. The third-order valence-electron chi connectivity index (χ3n) is 4.65. The van der Waals surface area contributed by atoms with Crippen molar-refractivity contribution in [3.8, 4) is 16.9 Å². The van der Waals surface area contributed by atoms with Crippen molar-refractivity contribution in [2.24, 2.45) is 0 Å². The first-order chi connectivity index (χ1) is 12.4. The molecule has 0 fully saturated rings. The Morgan fingerprint density at radius 2 is 1.73 bits per heavy atom. The largest absolute Gasteiger partial charge is 0.288 e. The van der Waals surface area contributed by atoms with Crippen LogP contribution in [0, 0.1) is 13.8 Å². The number of hydrogen-bond acceptors (Lipinski definition) is 3. The molecule has 0 aliphatic heterocycles. The summed E-state index contributed by atoms with van der Waals surface area (Å²) in [5.41, 5.74) is 5.02. The van der Waals surface area contributed by atoms with Gasteiger partial charge in [-0.2, -0.15) is 9.61 Å². The standard InChI is InChI=1S/C21H23N5/c1-14-19(16-9-7-6-8-10-16)20-23-17(21(3,4)5)13-18(26(20)24-14)25-12-11-22-15(25)2/h6-13H,1-5H3. The molecule has 0 saturated heterocycles. The molecule has 0 N–H and O–H groups in total. The van der Waals surface area contributed by atoms with Crippen LogP contribution in [0.5, 0.6) is 0 Å². The minimum atomic E-state index is -0.0723. The lowest BCUT2D eigenvalue weighted by Gasteiger charge is -2.20. The minimum Gasteiger partial charge on any atom is -0.288 e. The van der Waals surface area contributed by atoms with Crippen molar-refractivity contribution in [3.05, 3.63) is 66.0 Å². The smallest absolute Gasteiger partial charge is 0.165 e. The fourth-order valence-electron chi connectivity index (χ4n) is 3.23. The molecule has 1 aromatic carbocycles. The number of aryl methyl sites for hydroxylation is 2. The van der Waals surface area contributed by atoms with E-state index in [4.69, 9.17) is 10.1 Å². The summed E-state index contributed by atoms with van der Waals surface area (Å²) in [5, 5.41) is 4.82. The van der Waals surface area contributed by atoms with Gasteiger partial charge in [0.25, 0.3) is 0 Å². The number of rotatable bonds is 2. The van der Waals surface area contributed by atoms with Crippen LogP contribution in [0.25, 0.3) is 22.6 Å². The lowest BCUT2D eigenvalue weighted by atomic mass is 9.92. The highest BCUT2D eigenvalue weighted by molar-refractivity contribution is 5.80. The van der Waals surface area contributed by atoms with Gasteiger partial charge in [-0.15, -0.1) is 0 Å². The summed E-state index contributed by atoms with van der Waals surface area (Å²) in [6.07, 6.45) is 3.78. The topological polar surface area (TPSA) is 48.0 Å². The van der Waals surface area contributed by atoms with E-state index in [2.05, 4.69) is 48.5 Å². The molecule has 132 valence electrons. The summed E-state index contributed by atoms with van der Waals surface area (Å²) < 4.78 is 3.99. The number of benzene rings is 1. The number of hydrogen-bond donors (Lipinski definition) is 0. The summed E-state index contributed by atoms with van der Waals surface area (Å²) in [6, 6.07) is 12.5. The fourth-order valence-corrected chi connectivity index (χ4v) is 3.23. The molecule has 26 heavy (non-hydrogen) atoms. The molecule has 0 saturated carbocycles. The molecular formula is C21H23N5. The van der Waals surface area contributed by atoms with E-state index < -0.39 is 0 Å². The van der Waals surface area contributed by atoms with E-state index in [0.29, 0.717) is 0 Å². The van der Waals surface area contributed by atoms with Crippen LogP contribution in [0.4, 0.5) is 0 Å². The summed E-state index contributed by atoms with van der Waals surface area (Å²) >= 11 is 0. The lowest BCUT2D eigenvalue weighted by Crippen LogP contribution is -2.17. The van der Waals surface area contributed by atoms with Crippen LogP contribution in [0.2, 0.25) is 0 Å². The molecule has 0 atom stereocenters. The SMILES string of the molecule is Cc1nn2c(-n3ccnc3C)cc(C(C)(C)C)nc2c1-c1ccccc1. The zero-order valence-electron chi connectivity index (χ0n) is 15.9. The Kier molecular flexibility index (Phi) is 3.68. The molecular weight excluding hydrogens is 322 g/mol. The second-order valence-corrected chi connectivity index (χ2v) is 7.66. The van der Waals surface area contributed by atoms with Gasteiger partial charge in [-0.05, 0) is 19.4 Å². The van der Waals surface area contributed by atoms with E-state index in [0.717, 1.165) is 39.8 Å². The second kappa shape index (κ2) is 5.80. The zero-order chi connectivity index (χ0) is 18.5. The first kappa shape index (κ1) is 16.5. The Balaban J connectivity index is 2.11. The first-order valence-electron chi connectivity index (χ1n) is 8.83. The van der Waals surface area contributed by atoms with Crippen LogP contribution in [0.3, 0.4) is 0 Å². The van der Waals surface area contributed by atoms with Crippen molar-refractivity contribution in [2.45, 2.75) is 40.0 Å². The predicted octanol–water partition coefficient (Wildman–Crippen LogP) is 4.50. The highest BCUT2D eigenvalue weighted by atomic mass is 15.3. The maximum atomic E-state index is 5.01. The molecule has 5 heteroatoms. The van der Waals surface area contributed by atoms with E-state index in [-0.39, 0.29) is 5.41 Å². The minimum absolute atomic E-state index is 0.0723. The zero-order valence-corrected chi connectivity index (χ0v) is 15.9. The van der Waals surface area contributed by atoms with E-state index in [1.165, 1.54) is 0 Å². The molecule has 0 bridgehead atoms. The van der Waals surface area contributed by atoms with Crippen LogP contribution in [0.1, 0.15) is 38.0 Å². The fraction of sp³-hybridized carbons (Fsp3) is 0.286. The number of imidazole rings is 1. The van der Waals surface area contributed by atoms with E-state index in [1.54, 1.807) is 0 Å². The van der Waals surface area contributed by atoms with Crippen molar-refractivity contribution in [1.82, 2.24) is 24.1 Å². The molecule has 0 amide bonds. The Labute approximate surface area is 153 Å². The van der Waals surface area contributed by atoms with Gasteiger partial charge in [0.1, 0.15) is 11.6 Å². The van der Waals surface area contributed by atoms with E-state index in [1.807, 2.05) is 49.0 Å². The lowest BCUT2D eigenvalue weighted by molar-refractivity contribution is 0.566. The van der Waals surface area contributed by atoms with E-state index in [9.17, 15) is 0 Å². The van der Waals surface area contributed by atoms with Gasteiger partial charge in [0, 0.05) is 29.4 Å². The van der Waals surface area contributed by atoms with Gasteiger partial charge >= 0.3 is 0 Å². The highest BCUT2D eigenvalue weighted by Gasteiger charge is 2.23. The van der Waals surface area contributed by atoms with Crippen molar-refractivity contribution in [2.75, 3.05) is 0 Å². The number of nitrogens with zero attached hydrogens (tertiary/aromatic N) is 5. The van der Waals surface area contributed by atoms with Crippen molar-refractivity contribution in [1.29, 1.82) is 0 Å². The second-order valence-electron chi connectivity index (χ2n) is 7.66. The van der Waals surface area contributed by atoms with Gasteiger partial charge in [0.15, 0.2) is 5.65 Å². The Morgan fingerprint density at radius 3 is 2.35 bits per heavy atom. The van der Waals surface area contributed by atoms with Gasteiger partial charge in [-0.1, -0.05) is 51.1 Å². The monoisotopic (exact) mass is 345 g/mol. The van der Waals surface area contributed by atoms with Gasteiger partial charge < -0.3 is 0 Å². The summed E-state index contributed by atoms with van der Waals surface area (Å²) in [5.74, 6) is 1.88. The quantitative estimate of drug-likeness (QED) is 0.537. The molecule has 0 radical (unpaired) electrons. The van der Waals surface area contributed by atoms with Crippen molar-refractivity contribution >= 4 is 5.65 Å². The highest BCUT2D eigenvalue weighted by Crippen LogP contribution is 2.31. The third kappa shape index (κ3) is 2.60. The molecule has 3 heterocycles. The average molecular weight is 345 g/mol. The summed E-state index contributed by atoms with van der Waals surface area (Å²) in [4.78, 5) is 9.39. The average Bonchev–Trinajstić information content (AvgIpc) is 3.16.